The summed E-state index contributed by atoms with van der Waals surface area (Å²) in [4.78, 5) is 11.0. The van der Waals surface area contributed by atoms with Gasteiger partial charge in [0.15, 0.2) is 5.65 Å². The molecule has 0 radical (unpaired) electrons. The number of nitrogen functional groups attached to an aromatic ring is 1. The van der Waals surface area contributed by atoms with Crippen molar-refractivity contribution >= 4 is 22.8 Å². The number of fused-ring (bicyclic) bond motifs is 1. The Labute approximate surface area is 117 Å². The van der Waals surface area contributed by atoms with Crippen LogP contribution in [0, 0.1) is 6.92 Å². The fourth-order valence-electron chi connectivity index (χ4n) is 2.34. The molecule has 0 saturated heterocycles. The Hall–Kier alpha value is -2.56. The van der Waals surface area contributed by atoms with Gasteiger partial charge >= 0.3 is 0 Å². The molecule has 2 N–H and O–H groups in total. The van der Waals surface area contributed by atoms with Gasteiger partial charge in [-0.05, 0) is 31.2 Å². The smallest absolute Gasteiger partial charge is 0.207 e. The average Bonchev–Trinajstić information content (AvgIpc) is 2.74. The Morgan fingerprint density at radius 2 is 1.80 bits per heavy atom. The maximum atomic E-state index is 6.10. The zero-order chi connectivity index (χ0) is 14.3. The van der Waals surface area contributed by atoms with Gasteiger partial charge in [-0.3, -0.25) is 4.57 Å². The first-order valence-electron chi connectivity index (χ1n) is 6.46. The minimum absolute atomic E-state index is 0.451. The molecule has 0 unspecified atom stereocenters. The molecule has 102 valence electrons. The largest absolute Gasteiger partial charge is 0.376 e. The van der Waals surface area contributed by atoms with Crippen molar-refractivity contribution in [3.8, 4) is 5.69 Å². The molecule has 1 aromatic carbocycles. The SMILES string of the molecule is Cc1ccc2nc(N)n(-c3ccccc3N(C)C)c2n1. The third-order valence-electron chi connectivity index (χ3n) is 3.27. The fourth-order valence-corrected chi connectivity index (χ4v) is 2.34. The van der Waals surface area contributed by atoms with E-state index < -0.39 is 0 Å². The Morgan fingerprint density at radius 3 is 2.55 bits per heavy atom. The summed E-state index contributed by atoms with van der Waals surface area (Å²) in [5, 5.41) is 0. The number of rotatable bonds is 2. The van der Waals surface area contributed by atoms with Crippen molar-refractivity contribution in [1.29, 1.82) is 0 Å². The number of anilines is 2. The van der Waals surface area contributed by atoms with E-state index in [0.717, 1.165) is 28.2 Å². The molecule has 3 rings (SSSR count). The molecule has 0 spiro atoms. The van der Waals surface area contributed by atoms with Gasteiger partial charge in [0.05, 0.1) is 11.4 Å². The van der Waals surface area contributed by atoms with Crippen molar-refractivity contribution < 1.29 is 0 Å². The van der Waals surface area contributed by atoms with E-state index in [2.05, 4.69) is 20.9 Å². The van der Waals surface area contributed by atoms with E-state index >= 15 is 0 Å². The zero-order valence-electron chi connectivity index (χ0n) is 11.8. The standard InChI is InChI=1S/C15H17N5/c1-10-8-9-11-14(17-10)20(15(16)18-11)13-7-5-4-6-12(13)19(2)3/h4-9H,1-3H3,(H2,16,18). The summed E-state index contributed by atoms with van der Waals surface area (Å²) in [6, 6.07) is 12.0. The number of aryl methyl sites for hydroxylation is 1. The number of benzene rings is 1. The van der Waals surface area contributed by atoms with Crippen molar-refractivity contribution in [2.24, 2.45) is 0 Å². The molecule has 0 atom stereocenters. The van der Waals surface area contributed by atoms with Gasteiger partial charge in [0.25, 0.3) is 0 Å². The molecule has 0 fully saturated rings. The van der Waals surface area contributed by atoms with Gasteiger partial charge in [0.2, 0.25) is 5.95 Å². The maximum absolute atomic E-state index is 6.10. The van der Waals surface area contributed by atoms with Crippen LogP contribution in [0.15, 0.2) is 36.4 Å². The number of para-hydroxylation sites is 2. The highest BCUT2D eigenvalue weighted by molar-refractivity contribution is 5.79. The number of imidazole rings is 1. The summed E-state index contributed by atoms with van der Waals surface area (Å²) in [7, 11) is 4.01. The Bertz CT molecular complexity index is 773. The molecular formula is C15H17N5. The second kappa shape index (κ2) is 4.52. The van der Waals surface area contributed by atoms with Gasteiger partial charge < -0.3 is 10.6 Å². The van der Waals surface area contributed by atoms with Crippen molar-refractivity contribution in [3.05, 3.63) is 42.1 Å². The fraction of sp³-hybridized carbons (Fsp3) is 0.200. The van der Waals surface area contributed by atoms with Crippen LogP contribution in [0.4, 0.5) is 11.6 Å². The third-order valence-corrected chi connectivity index (χ3v) is 3.27. The van der Waals surface area contributed by atoms with E-state index in [1.807, 2.05) is 55.9 Å². The zero-order valence-corrected chi connectivity index (χ0v) is 11.8. The van der Waals surface area contributed by atoms with E-state index in [1.54, 1.807) is 0 Å². The van der Waals surface area contributed by atoms with Crippen molar-refractivity contribution in [2.45, 2.75) is 6.92 Å². The Morgan fingerprint density at radius 1 is 1.05 bits per heavy atom. The predicted molar refractivity (Wildman–Crippen MR) is 82.3 cm³/mol. The summed E-state index contributed by atoms with van der Waals surface area (Å²) in [5.41, 5.74) is 10.7. The molecule has 0 aliphatic rings. The van der Waals surface area contributed by atoms with Crippen LogP contribution in [0.1, 0.15) is 5.69 Å². The van der Waals surface area contributed by atoms with Crippen LogP contribution in [0.25, 0.3) is 16.9 Å². The van der Waals surface area contributed by atoms with Crippen LogP contribution in [-0.4, -0.2) is 28.6 Å². The van der Waals surface area contributed by atoms with Gasteiger partial charge in [-0.15, -0.1) is 0 Å². The first-order valence-corrected chi connectivity index (χ1v) is 6.46. The van der Waals surface area contributed by atoms with Crippen LogP contribution in [0.5, 0.6) is 0 Å². The molecule has 2 aromatic heterocycles. The van der Waals surface area contributed by atoms with E-state index in [9.17, 15) is 0 Å². The van der Waals surface area contributed by atoms with E-state index in [0.29, 0.717) is 5.95 Å². The molecule has 0 saturated carbocycles. The number of nitrogens with zero attached hydrogens (tertiary/aromatic N) is 4. The topological polar surface area (TPSA) is 60.0 Å². The highest BCUT2D eigenvalue weighted by Crippen LogP contribution is 2.28. The summed E-state index contributed by atoms with van der Waals surface area (Å²) >= 11 is 0. The number of aromatic nitrogens is 3. The first kappa shape index (κ1) is 12.5. The summed E-state index contributed by atoms with van der Waals surface area (Å²) in [6.07, 6.45) is 0. The highest BCUT2D eigenvalue weighted by atomic mass is 15.2. The number of hydrogen-bond acceptors (Lipinski definition) is 4. The maximum Gasteiger partial charge on any atom is 0.207 e. The van der Waals surface area contributed by atoms with E-state index in [-0.39, 0.29) is 0 Å². The lowest BCUT2D eigenvalue weighted by molar-refractivity contribution is 1.04. The van der Waals surface area contributed by atoms with E-state index in [4.69, 9.17) is 5.73 Å². The van der Waals surface area contributed by atoms with Crippen LogP contribution >= 0.6 is 0 Å². The molecule has 5 nitrogen and oxygen atoms in total. The van der Waals surface area contributed by atoms with Gasteiger partial charge in [0, 0.05) is 19.8 Å². The molecule has 0 bridgehead atoms. The molecule has 3 aromatic rings. The summed E-state index contributed by atoms with van der Waals surface area (Å²) in [6.45, 7) is 1.96. The Balaban J connectivity index is 2.35. The first-order chi connectivity index (χ1) is 9.58. The van der Waals surface area contributed by atoms with Gasteiger partial charge in [-0.2, -0.15) is 0 Å². The van der Waals surface area contributed by atoms with Crippen LogP contribution < -0.4 is 10.6 Å². The second-order valence-electron chi connectivity index (χ2n) is 4.98. The lowest BCUT2D eigenvalue weighted by Crippen LogP contribution is -2.13. The van der Waals surface area contributed by atoms with Crippen LogP contribution in [0.2, 0.25) is 0 Å². The van der Waals surface area contributed by atoms with Crippen molar-refractivity contribution in [3.63, 3.8) is 0 Å². The van der Waals surface area contributed by atoms with Crippen molar-refractivity contribution in [2.75, 3.05) is 24.7 Å². The third kappa shape index (κ3) is 1.87. The second-order valence-corrected chi connectivity index (χ2v) is 4.98. The van der Waals surface area contributed by atoms with Gasteiger partial charge in [-0.25, -0.2) is 9.97 Å². The number of nitrogens with two attached hydrogens (primary N) is 1. The van der Waals surface area contributed by atoms with Crippen molar-refractivity contribution in [1.82, 2.24) is 14.5 Å². The normalized spacial score (nSPS) is 10.9. The molecule has 0 amide bonds. The Kier molecular flexibility index (Phi) is 2.82. The number of hydrogen-bond donors (Lipinski definition) is 1. The monoisotopic (exact) mass is 267 g/mol. The molecule has 0 aliphatic heterocycles. The number of pyridine rings is 1. The lowest BCUT2D eigenvalue weighted by Gasteiger charge is -2.18. The van der Waals surface area contributed by atoms with Gasteiger partial charge in [0.1, 0.15) is 5.52 Å². The van der Waals surface area contributed by atoms with Gasteiger partial charge in [-0.1, -0.05) is 12.1 Å². The molecule has 2 heterocycles. The molecule has 0 aliphatic carbocycles. The summed E-state index contributed by atoms with van der Waals surface area (Å²) in [5.74, 6) is 0.451. The average molecular weight is 267 g/mol. The quantitative estimate of drug-likeness (QED) is 0.774. The van der Waals surface area contributed by atoms with Crippen LogP contribution in [0.3, 0.4) is 0 Å². The molecule has 5 heteroatoms. The molecular weight excluding hydrogens is 250 g/mol. The highest BCUT2D eigenvalue weighted by Gasteiger charge is 2.14. The van der Waals surface area contributed by atoms with E-state index in [1.165, 1.54) is 0 Å². The minimum atomic E-state index is 0.451. The molecule has 20 heavy (non-hydrogen) atoms. The summed E-state index contributed by atoms with van der Waals surface area (Å²) < 4.78 is 1.90. The minimum Gasteiger partial charge on any atom is -0.376 e. The predicted octanol–water partition coefficient (Wildman–Crippen LogP) is 2.38. The van der Waals surface area contributed by atoms with Crippen LogP contribution in [-0.2, 0) is 0 Å². The lowest BCUT2D eigenvalue weighted by atomic mass is 10.2.